The Labute approximate surface area is 121 Å². The molecule has 2 aliphatic rings. The van der Waals surface area contributed by atoms with Gasteiger partial charge < -0.3 is 10.2 Å². The summed E-state index contributed by atoms with van der Waals surface area (Å²) in [7, 11) is 2.15. The van der Waals surface area contributed by atoms with Crippen LogP contribution in [-0.4, -0.2) is 60.4 Å². The second-order valence-electron chi connectivity index (χ2n) is 6.95. The van der Waals surface area contributed by atoms with Gasteiger partial charge in [0.15, 0.2) is 0 Å². The van der Waals surface area contributed by atoms with Crippen molar-refractivity contribution in [2.45, 2.75) is 52.1 Å². The molecule has 0 spiro atoms. The van der Waals surface area contributed by atoms with Crippen molar-refractivity contribution in [3.63, 3.8) is 0 Å². The predicted octanol–water partition coefficient (Wildman–Crippen LogP) is 0.844. The van der Waals surface area contributed by atoms with E-state index < -0.39 is 0 Å². The van der Waals surface area contributed by atoms with Crippen LogP contribution < -0.4 is 5.32 Å². The van der Waals surface area contributed by atoms with E-state index in [2.05, 4.69) is 24.2 Å². The maximum atomic E-state index is 12.2. The van der Waals surface area contributed by atoms with E-state index in [1.807, 2.05) is 13.8 Å². The molecule has 5 heteroatoms. The average molecular weight is 281 g/mol. The lowest BCUT2D eigenvalue weighted by atomic mass is 9.80. The van der Waals surface area contributed by atoms with E-state index in [1.54, 1.807) is 0 Å². The topological polar surface area (TPSA) is 52.7 Å². The van der Waals surface area contributed by atoms with Crippen molar-refractivity contribution in [1.29, 1.82) is 0 Å². The lowest BCUT2D eigenvalue weighted by Gasteiger charge is -2.38. The molecular formula is C15H27N3O2. The lowest BCUT2D eigenvalue weighted by Crippen LogP contribution is -2.47. The van der Waals surface area contributed by atoms with Crippen molar-refractivity contribution in [2.24, 2.45) is 5.41 Å². The van der Waals surface area contributed by atoms with Crippen LogP contribution in [0.3, 0.4) is 0 Å². The minimum atomic E-state index is -0.318. The van der Waals surface area contributed by atoms with Gasteiger partial charge >= 0.3 is 0 Å². The zero-order chi connectivity index (χ0) is 14.9. The molecule has 0 saturated carbocycles. The molecule has 2 saturated heterocycles. The molecule has 0 bridgehead atoms. The van der Waals surface area contributed by atoms with Crippen LogP contribution in [0.1, 0.15) is 40.0 Å². The van der Waals surface area contributed by atoms with Crippen LogP contribution in [0.15, 0.2) is 0 Å². The van der Waals surface area contributed by atoms with E-state index in [-0.39, 0.29) is 29.3 Å². The van der Waals surface area contributed by atoms with E-state index in [0.717, 1.165) is 32.5 Å². The Morgan fingerprint density at radius 3 is 2.40 bits per heavy atom. The number of likely N-dealkylation sites (tertiary alicyclic amines) is 2. The quantitative estimate of drug-likeness (QED) is 0.776. The summed E-state index contributed by atoms with van der Waals surface area (Å²) in [6.45, 7) is 9.07. The minimum absolute atomic E-state index is 0.0410. The zero-order valence-corrected chi connectivity index (χ0v) is 13.1. The molecule has 1 atom stereocenters. The molecule has 2 heterocycles. The predicted molar refractivity (Wildman–Crippen MR) is 78.2 cm³/mol. The minimum Gasteiger partial charge on any atom is -0.306 e. The molecule has 2 aliphatic heterocycles. The summed E-state index contributed by atoms with van der Waals surface area (Å²) in [6.07, 6.45) is 2.59. The number of nitrogens with zero attached hydrogens (tertiary/aromatic N) is 2. The smallest absolute Gasteiger partial charge is 0.247 e. The number of rotatable bonds is 4. The molecule has 20 heavy (non-hydrogen) atoms. The van der Waals surface area contributed by atoms with Crippen LogP contribution in [0.2, 0.25) is 0 Å². The maximum absolute atomic E-state index is 12.2. The largest absolute Gasteiger partial charge is 0.306 e. The molecule has 5 nitrogen and oxygen atoms in total. The maximum Gasteiger partial charge on any atom is 0.247 e. The molecular weight excluding hydrogens is 254 g/mol. The van der Waals surface area contributed by atoms with E-state index in [4.69, 9.17) is 0 Å². The molecule has 0 aliphatic carbocycles. The third-order valence-corrected chi connectivity index (χ3v) is 4.67. The van der Waals surface area contributed by atoms with E-state index in [9.17, 15) is 9.59 Å². The Hall–Kier alpha value is -0.940. The van der Waals surface area contributed by atoms with Gasteiger partial charge in [0.1, 0.15) is 0 Å². The summed E-state index contributed by atoms with van der Waals surface area (Å²) < 4.78 is 0. The number of nitrogens with one attached hydrogen (secondary N) is 1. The van der Waals surface area contributed by atoms with Crippen LogP contribution in [0.25, 0.3) is 0 Å². The second kappa shape index (κ2) is 5.82. The summed E-state index contributed by atoms with van der Waals surface area (Å²) in [5.74, 6) is -0.0995. The highest BCUT2D eigenvalue weighted by Gasteiger charge is 2.40. The first kappa shape index (κ1) is 15.4. The third kappa shape index (κ3) is 3.20. The van der Waals surface area contributed by atoms with Crippen molar-refractivity contribution >= 4 is 11.8 Å². The van der Waals surface area contributed by atoms with E-state index in [1.165, 1.54) is 4.90 Å². The van der Waals surface area contributed by atoms with Gasteiger partial charge in [-0.1, -0.05) is 6.92 Å². The van der Waals surface area contributed by atoms with E-state index in [0.29, 0.717) is 6.42 Å². The molecule has 0 aromatic heterocycles. The molecule has 2 amide bonds. The summed E-state index contributed by atoms with van der Waals surface area (Å²) in [5.41, 5.74) is 0.237. The first-order chi connectivity index (χ1) is 9.32. The Balaban J connectivity index is 1.89. The molecule has 1 unspecified atom stereocenters. The molecule has 1 N–H and O–H groups in total. The highest BCUT2D eigenvalue weighted by atomic mass is 16.2. The van der Waals surface area contributed by atoms with Crippen LogP contribution in [-0.2, 0) is 9.59 Å². The van der Waals surface area contributed by atoms with Gasteiger partial charge in [0, 0.05) is 12.6 Å². The lowest BCUT2D eigenvalue weighted by molar-refractivity contribution is -0.140. The van der Waals surface area contributed by atoms with Gasteiger partial charge in [-0.3, -0.25) is 14.5 Å². The van der Waals surface area contributed by atoms with Crippen LogP contribution in [0.5, 0.6) is 0 Å². The van der Waals surface area contributed by atoms with Crippen LogP contribution in [0, 0.1) is 5.41 Å². The van der Waals surface area contributed by atoms with Crippen LogP contribution in [0.4, 0.5) is 0 Å². The summed E-state index contributed by atoms with van der Waals surface area (Å²) >= 11 is 0. The molecule has 2 rings (SSSR count). The van der Waals surface area contributed by atoms with Gasteiger partial charge in [-0.15, -0.1) is 0 Å². The van der Waals surface area contributed by atoms with Gasteiger partial charge in [0.25, 0.3) is 0 Å². The fourth-order valence-electron chi connectivity index (χ4n) is 3.06. The Kier molecular flexibility index (Phi) is 4.49. The summed E-state index contributed by atoms with van der Waals surface area (Å²) in [4.78, 5) is 27.8. The average Bonchev–Trinajstić information content (AvgIpc) is 2.66. The fourth-order valence-corrected chi connectivity index (χ4v) is 3.06. The number of amides is 2. The summed E-state index contributed by atoms with van der Waals surface area (Å²) in [5, 5.41) is 3.34. The molecule has 0 aromatic carbocycles. The highest BCUT2D eigenvalue weighted by molar-refractivity contribution is 6.05. The Morgan fingerprint density at radius 1 is 1.30 bits per heavy atom. The molecule has 0 radical (unpaired) electrons. The molecule has 114 valence electrons. The van der Waals surface area contributed by atoms with Crippen molar-refractivity contribution in [3.8, 4) is 0 Å². The van der Waals surface area contributed by atoms with Gasteiger partial charge in [-0.2, -0.15) is 0 Å². The second-order valence-corrected chi connectivity index (χ2v) is 6.95. The SMILES string of the molecule is CC(C)N1C(=O)CC(NCC2(C)CCN(C)CC2)C1=O. The zero-order valence-electron chi connectivity index (χ0n) is 13.1. The third-order valence-electron chi connectivity index (χ3n) is 4.67. The highest BCUT2D eigenvalue weighted by Crippen LogP contribution is 2.30. The van der Waals surface area contributed by atoms with Gasteiger partial charge in [0.05, 0.1) is 12.5 Å². The van der Waals surface area contributed by atoms with Crippen LogP contribution >= 0.6 is 0 Å². The number of piperidine rings is 1. The van der Waals surface area contributed by atoms with Gasteiger partial charge in [0.2, 0.25) is 11.8 Å². The normalized spacial score (nSPS) is 27.6. The van der Waals surface area contributed by atoms with Gasteiger partial charge in [-0.25, -0.2) is 0 Å². The van der Waals surface area contributed by atoms with Crippen molar-refractivity contribution < 1.29 is 9.59 Å². The number of imide groups is 1. The van der Waals surface area contributed by atoms with E-state index >= 15 is 0 Å². The monoisotopic (exact) mass is 281 g/mol. The fraction of sp³-hybridized carbons (Fsp3) is 0.867. The first-order valence-corrected chi connectivity index (χ1v) is 7.60. The molecule has 0 aromatic rings. The van der Waals surface area contributed by atoms with Crippen molar-refractivity contribution in [3.05, 3.63) is 0 Å². The number of hydrogen-bond donors (Lipinski definition) is 1. The van der Waals surface area contributed by atoms with Gasteiger partial charge in [-0.05, 0) is 52.2 Å². The Morgan fingerprint density at radius 2 is 1.90 bits per heavy atom. The number of carbonyl (C=O) groups is 2. The standard InChI is InChI=1S/C15H27N3O2/c1-11(2)18-13(19)9-12(14(18)20)16-10-15(3)5-7-17(4)8-6-15/h11-12,16H,5-10H2,1-4H3. The number of hydrogen-bond acceptors (Lipinski definition) is 4. The molecule has 2 fully saturated rings. The van der Waals surface area contributed by atoms with Crippen molar-refractivity contribution in [2.75, 3.05) is 26.7 Å². The summed E-state index contributed by atoms with van der Waals surface area (Å²) in [6, 6.07) is -0.359. The first-order valence-electron chi connectivity index (χ1n) is 7.60. The number of carbonyl (C=O) groups excluding carboxylic acids is 2. The Bertz CT molecular complexity index is 387. The van der Waals surface area contributed by atoms with Crippen molar-refractivity contribution in [1.82, 2.24) is 15.1 Å².